The minimum atomic E-state index is -0.703. The Balaban J connectivity index is 0.00000272. The Kier molecular flexibility index (Phi) is 19.4. The van der Waals surface area contributed by atoms with Crippen molar-refractivity contribution in [1.82, 2.24) is 40.4 Å². The van der Waals surface area contributed by atoms with Crippen LogP contribution in [0.3, 0.4) is 0 Å². The van der Waals surface area contributed by atoms with Gasteiger partial charge in [0, 0.05) is 13.1 Å². The van der Waals surface area contributed by atoms with Gasteiger partial charge in [0.25, 0.3) is 0 Å². The predicted octanol–water partition coefficient (Wildman–Crippen LogP) is 8.87. The van der Waals surface area contributed by atoms with Crippen LogP contribution in [0.2, 0.25) is 0 Å². The first-order chi connectivity index (χ1) is 28.7. The fourth-order valence-corrected chi connectivity index (χ4v) is 8.35. The van der Waals surface area contributed by atoms with Crippen LogP contribution in [0.25, 0.3) is 44.3 Å². The number of aromatic amines is 2. The number of nitrogens with one attached hydrogen (secondary N) is 4. The molecule has 7 rings (SSSR count). The van der Waals surface area contributed by atoms with Crippen molar-refractivity contribution in [3.8, 4) is 22.3 Å². The van der Waals surface area contributed by atoms with Crippen LogP contribution in [0.1, 0.15) is 105 Å². The summed E-state index contributed by atoms with van der Waals surface area (Å²) in [7, 11) is 0. The SMILES string of the molecule is CC(C)OC(=O)N[C@H](C(=O)N1CCC[C@H]1c1nc2ccc(-c3ccc(-c4ccc5nc([C@@H]6CCCN6C(=O)[C@@H](NC(=O)OC(C)C)C(C)C)[nH]c5c4)cc3)cc2[nH]1)C(C)C.S.S.S.S. The topological polar surface area (TPSA) is 175 Å². The van der Waals surface area contributed by atoms with E-state index in [1.807, 2.05) is 49.6 Å². The summed E-state index contributed by atoms with van der Waals surface area (Å²) in [6.45, 7) is 16.0. The summed E-state index contributed by atoms with van der Waals surface area (Å²) in [5.41, 5.74) is 7.59. The average molecular weight is 955 g/mol. The molecular formula is C46H66N8O6S4. The number of carbonyl (C=O) groups excluding carboxylic acids is 4. The van der Waals surface area contributed by atoms with Gasteiger partial charge in [-0.2, -0.15) is 54.0 Å². The van der Waals surface area contributed by atoms with Crippen LogP contribution in [0, 0.1) is 11.8 Å². The molecule has 2 fully saturated rings. The number of aromatic nitrogens is 4. The van der Waals surface area contributed by atoms with E-state index in [1.165, 1.54) is 0 Å². The van der Waals surface area contributed by atoms with Gasteiger partial charge in [-0.25, -0.2) is 19.6 Å². The van der Waals surface area contributed by atoms with E-state index in [0.717, 1.165) is 81.7 Å². The Labute approximate surface area is 404 Å². The Hall–Kier alpha value is -4.52. The molecule has 18 heteroatoms. The number of amides is 4. The van der Waals surface area contributed by atoms with E-state index >= 15 is 0 Å². The van der Waals surface area contributed by atoms with Gasteiger partial charge in [0.05, 0.1) is 46.4 Å². The smallest absolute Gasteiger partial charge is 0.408 e. The lowest BCUT2D eigenvalue weighted by molar-refractivity contribution is -0.136. The number of likely N-dealkylation sites (tertiary alicyclic amines) is 2. The van der Waals surface area contributed by atoms with Gasteiger partial charge in [-0.3, -0.25) is 9.59 Å². The Morgan fingerprint density at radius 3 is 1.23 bits per heavy atom. The molecule has 0 spiro atoms. The van der Waals surface area contributed by atoms with Crippen molar-refractivity contribution in [2.45, 2.75) is 117 Å². The van der Waals surface area contributed by atoms with E-state index in [0.29, 0.717) is 13.1 Å². The van der Waals surface area contributed by atoms with Gasteiger partial charge in [0.15, 0.2) is 0 Å². The number of imidazole rings is 2. The third-order valence-corrected chi connectivity index (χ3v) is 11.4. The molecule has 350 valence electrons. The van der Waals surface area contributed by atoms with Crippen LogP contribution in [0.5, 0.6) is 0 Å². The number of H-pyrrole nitrogens is 2. The Morgan fingerprint density at radius 1 is 0.562 bits per heavy atom. The molecule has 4 heterocycles. The monoisotopic (exact) mass is 954 g/mol. The van der Waals surface area contributed by atoms with E-state index in [2.05, 4.69) is 69.1 Å². The number of hydrogen-bond acceptors (Lipinski definition) is 8. The first-order valence-corrected chi connectivity index (χ1v) is 21.3. The van der Waals surface area contributed by atoms with Crippen LogP contribution in [-0.4, -0.2) is 91.1 Å². The molecule has 0 aliphatic carbocycles. The molecule has 0 radical (unpaired) electrons. The molecule has 2 aromatic heterocycles. The zero-order valence-corrected chi connectivity index (χ0v) is 41.9. The van der Waals surface area contributed by atoms with Crippen molar-refractivity contribution in [3.05, 3.63) is 72.3 Å². The fraction of sp³-hybridized carbons (Fsp3) is 0.478. The highest BCUT2D eigenvalue weighted by Gasteiger charge is 2.39. The summed E-state index contributed by atoms with van der Waals surface area (Å²) in [6, 6.07) is 18.9. The first-order valence-electron chi connectivity index (χ1n) is 21.3. The zero-order valence-electron chi connectivity index (χ0n) is 37.9. The molecule has 2 aliphatic heterocycles. The summed E-state index contributed by atoms with van der Waals surface area (Å²) in [6.07, 6.45) is 1.49. The molecule has 0 unspecified atom stereocenters. The highest BCUT2D eigenvalue weighted by atomic mass is 32.1. The van der Waals surface area contributed by atoms with Gasteiger partial charge in [-0.05, 0) is 112 Å². The normalized spacial score (nSPS) is 16.8. The third kappa shape index (κ3) is 12.0. The molecule has 4 amide bonds. The van der Waals surface area contributed by atoms with E-state index in [1.54, 1.807) is 27.7 Å². The highest BCUT2D eigenvalue weighted by Crippen LogP contribution is 2.36. The third-order valence-electron chi connectivity index (χ3n) is 11.4. The fourth-order valence-electron chi connectivity index (χ4n) is 8.35. The second-order valence-corrected chi connectivity index (χ2v) is 17.3. The van der Waals surface area contributed by atoms with Crippen molar-refractivity contribution >= 4 is 100 Å². The number of carbonyl (C=O) groups is 4. The van der Waals surface area contributed by atoms with Crippen molar-refractivity contribution in [2.75, 3.05) is 13.1 Å². The maximum Gasteiger partial charge on any atom is 0.408 e. The van der Waals surface area contributed by atoms with Gasteiger partial charge in [-0.15, -0.1) is 0 Å². The predicted molar refractivity (Wildman–Crippen MR) is 272 cm³/mol. The van der Waals surface area contributed by atoms with Crippen molar-refractivity contribution in [2.24, 2.45) is 11.8 Å². The van der Waals surface area contributed by atoms with Crippen molar-refractivity contribution in [3.63, 3.8) is 0 Å². The first kappa shape index (κ1) is 53.8. The number of benzene rings is 3. The number of rotatable bonds is 12. The lowest BCUT2D eigenvalue weighted by Gasteiger charge is -2.30. The number of nitrogens with zero attached hydrogens (tertiary/aromatic N) is 4. The number of fused-ring (bicyclic) bond motifs is 2. The van der Waals surface area contributed by atoms with Gasteiger partial charge in [0.2, 0.25) is 11.8 Å². The summed E-state index contributed by atoms with van der Waals surface area (Å²) in [4.78, 5) is 73.0. The molecule has 0 saturated carbocycles. The van der Waals surface area contributed by atoms with Gasteiger partial charge < -0.3 is 39.9 Å². The largest absolute Gasteiger partial charge is 0.447 e. The average Bonchev–Trinajstić information content (AvgIpc) is 4.03. The van der Waals surface area contributed by atoms with Crippen molar-refractivity contribution < 1.29 is 28.7 Å². The Bertz CT molecular complexity index is 2210. The Morgan fingerprint density at radius 2 is 0.906 bits per heavy atom. The molecule has 14 nitrogen and oxygen atoms in total. The minimum Gasteiger partial charge on any atom is -0.447 e. The summed E-state index contributed by atoms with van der Waals surface area (Å²) in [5, 5.41) is 5.58. The van der Waals surface area contributed by atoms with Crippen LogP contribution in [0.4, 0.5) is 9.59 Å². The number of alkyl carbamates (subject to hydrolysis) is 2. The molecule has 5 aromatic rings. The lowest BCUT2D eigenvalue weighted by atomic mass is 10.00. The summed E-state index contributed by atoms with van der Waals surface area (Å²) in [5.74, 6) is 0.970. The molecule has 64 heavy (non-hydrogen) atoms. The van der Waals surface area contributed by atoms with E-state index in [9.17, 15) is 19.2 Å². The molecular weight excluding hydrogens is 889 g/mol. The standard InChI is InChI=1S/C46H58N8O6.4H2S/c1-25(2)39(51-45(57)59-27(5)6)43(55)53-21-9-11-37(53)41-47-33-19-17-31(23-35(33)49-41)29-13-15-30(16-14-29)32-18-20-34-36(24-32)50-42(48-34)38-12-10-22-54(38)44(56)40(26(3)4)52-46(58)60-28(7)8;;;;/h13-20,23-28,37-40H,9-12,21-22H2,1-8H3,(H,47,49)(H,48,50)(H,51,57)(H,52,58);4*1H2/t37-,38-,39-,40-;;;;/m0..../s1. The molecule has 0 bridgehead atoms. The van der Waals surface area contributed by atoms with E-state index in [4.69, 9.17) is 19.4 Å². The number of ether oxygens (including phenoxy) is 2. The van der Waals surface area contributed by atoms with Gasteiger partial charge in [0.1, 0.15) is 23.7 Å². The molecule has 3 aromatic carbocycles. The summed E-state index contributed by atoms with van der Waals surface area (Å²) >= 11 is 0. The van der Waals surface area contributed by atoms with Gasteiger partial charge >= 0.3 is 12.2 Å². The van der Waals surface area contributed by atoms with Crippen LogP contribution < -0.4 is 10.6 Å². The maximum absolute atomic E-state index is 13.8. The molecule has 2 saturated heterocycles. The minimum absolute atomic E-state index is 0. The second kappa shape index (κ2) is 23.1. The van der Waals surface area contributed by atoms with Crippen molar-refractivity contribution in [1.29, 1.82) is 0 Å². The highest BCUT2D eigenvalue weighted by molar-refractivity contribution is 7.59. The summed E-state index contributed by atoms with van der Waals surface area (Å²) < 4.78 is 10.5. The molecule has 4 atom stereocenters. The van der Waals surface area contributed by atoms with Crippen LogP contribution in [-0.2, 0) is 19.1 Å². The molecule has 4 N–H and O–H groups in total. The zero-order chi connectivity index (χ0) is 42.8. The number of hydrogen-bond donors (Lipinski definition) is 4. The second-order valence-electron chi connectivity index (χ2n) is 17.3. The maximum atomic E-state index is 13.8. The molecule has 2 aliphatic rings. The van der Waals surface area contributed by atoms with Crippen LogP contribution >= 0.6 is 54.0 Å². The van der Waals surface area contributed by atoms with Gasteiger partial charge in [-0.1, -0.05) is 64.1 Å². The van der Waals surface area contributed by atoms with E-state index in [-0.39, 0.29) is 102 Å². The van der Waals surface area contributed by atoms with E-state index < -0.39 is 24.3 Å². The lowest BCUT2D eigenvalue weighted by Crippen LogP contribution is -2.51. The quantitative estimate of drug-likeness (QED) is 0.0960. The van der Waals surface area contributed by atoms with Crippen LogP contribution in [0.15, 0.2) is 60.7 Å².